The summed E-state index contributed by atoms with van der Waals surface area (Å²) >= 11 is 6.03. The summed E-state index contributed by atoms with van der Waals surface area (Å²) in [5.41, 5.74) is 2.03. The van der Waals surface area contributed by atoms with Crippen LogP contribution < -0.4 is 9.62 Å². The number of anilines is 1. The lowest BCUT2D eigenvalue weighted by atomic mass is 10.1. The quantitative estimate of drug-likeness (QED) is 0.353. The minimum absolute atomic E-state index is 0.0693. The summed E-state index contributed by atoms with van der Waals surface area (Å²) in [5, 5.41) is 3.47. The number of para-hydroxylation sites is 1. The average molecular weight is 556 g/mol. The van der Waals surface area contributed by atoms with Crippen LogP contribution in [0.25, 0.3) is 0 Å². The number of nitrogens with one attached hydrogen (secondary N) is 1. The maximum absolute atomic E-state index is 13.8. The first kappa shape index (κ1) is 29.2. The van der Waals surface area contributed by atoms with Crippen molar-refractivity contribution < 1.29 is 18.0 Å². The van der Waals surface area contributed by atoms with Gasteiger partial charge < -0.3 is 10.2 Å². The Bertz CT molecular complexity index is 1330. The van der Waals surface area contributed by atoms with Crippen molar-refractivity contribution in [2.45, 2.75) is 57.6 Å². The van der Waals surface area contributed by atoms with Gasteiger partial charge in [0.05, 0.1) is 10.6 Å². The van der Waals surface area contributed by atoms with E-state index in [0.29, 0.717) is 10.7 Å². The van der Waals surface area contributed by atoms with Crippen LogP contribution >= 0.6 is 11.6 Å². The number of hydrogen-bond donors (Lipinski definition) is 1. The van der Waals surface area contributed by atoms with Gasteiger partial charge in [0.15, 0.2) is 0 Å². The molecule has 0 unspecified atom stereocenters. The lowest BCUT2D eigenvalue weighted by Crippen LogP contribution is -2.52. The monoisotopic (exact) mass is 555 g/mol. The highest BCUT2D eigenvalue weighted by Gasteiger charge is 2.32. The van der Waals surface area contributed by atoms with Crippen molar-refractivity contribution in [1.29, 1.82) is 0 Å². The Morgan fingerprint density at radius 3 is 2.11 bits per heavy atom. The summed E-state index contributed by atoms with van der Waals surface area (Å²) in [5.74, 6) is -0.819. The lowest BCUT2D eigenvalue weighted by molar-refractivity contribution is -0.139. The van der Waals surface area contributed by atoms with E-state index < -0.39 is 28.5 Å². The molecule has 3 rings (SSSR count). The zero-order valence-corrected chi connectivity index (χ0v) is 23.7. The van der Waals surface area contributed by atoms with Crippen LogP contribution in [0.2, 0.25) is 5.02 Å². The van der Waals surface area contributed by atoms with E-state index in [-0.39, 0.29) is 23.4 Å². The molecule has 202 valence electrons. The summed E-state index contributed by atoms with van der Waals surface area (Å²) in [7, 11) is -4.08. The number of benzene rings is 3. The highest BCUT2D eigenvalue weighted by atomic mass is 35.5. The van der Waals surface area contributed by atoms with Crippen LogP contribution in [0.1, 0.15) is 38.3 Å². The Kier molecular flexibility index (Phi) is 9.94. The number of aryl methyl sites for hydroxylation is 1. The molecular weight excluding hydrogens is 522 g/mol. The van der Waals surface area contributed by atoms with Crippen molar-refractivity contribution >= 4 is 39.1 Å². The van der Waals surface area contributed by atoms with Crippen LogP contribution in [-0.2, 0) is 26.2 Å². The van der Waals surface area contributed by atoms with Gasteiger partial charge in [0.1, 0.15) is 12.6 Å². The molecule has 0 saturated heterocycles. The van der Waals surface area contributed by atoms with E-state index in [4.69, 9.17) is 11.6 Å². The molecule has 2 atom stereocenters. The van der Waals surface area contributed by atoms with E-state index >= 15 is 0 Å². The Morgan fingerprint density at radius 1 is 0.921 bits per heavy atom. The zero-order valence-electron chi connectivity index (χ0n) is 22.1. The molecule has 0 saturated carbocycles. The molecule has 0 aliphatic rings. The Balaban J connectivity index is 1.99. The third-order valence-corrected chi connectivity index (χ3v) is 8.41. The predicted molar refractivity (Wildman–Crippen MR) is 152 cm³/mol. The summed E-state index contributed by atoms with van der Waals surface area (Å²) < 4.78 is 28.6. The average Bonchev–Trinajstić information content (AvgIpc) is 2.91. The van der Waals surface area contributed by atoms with E-state index in [1.165, 1.54) is 17.0 Å². The number of halogens is 1. The Hall–Kier alpha value is -3.36. The maximum Gasteiger partial charge on any atom is 0.264 e. The smallest absolute Gasteiger partial charge is 0.264 e. The topological polar surface area (TPSA) is 86.8 Å². The van der Waals surface area contributed by atoms with Gasteiger partial charge in [-0.3, -0.25) is 13.9 Å². The maximum atomic E-state index is 13.8. The molecule has 3 aromatic carbocycles. The summed E-state index contributed by atoms with van der Waals surface area (Å²) in [6.45, 7) is 7.00. The van der Waals surface area contributed by atoms with E-state index in [0.717, 1.165) is 21.9 Å². The first-order chi connectivity index (χ1) is 18.0. The van der Waals surface area contributed by atoms with Crippen molar-refractivity contribution in [3.05, 3.63) is 95.0 Å². The van der Waals surface area contributed by atoms with Gasteiger partial charge in [-0.2, -0.15) is 0 Å². The molecule has 0 fully saturated rings. The van der Waals surface area contributed by atoms with Crippen molar-refractivity contribution in [1.82, 2.24) is 10.2 Å². The van der Waals surface area contributed by atoms with E-state index in [9.17, 15) is 18.0 Å². The molecule has 0 heterocycles. The minimum Gasteiger partial charge on any atom is -0.352 e. The molecule has 1 N–H and O–H groups in total. The van der Waals surface area contributed by atoms with Crippen LogP contribution in [0, 0.1) is 6.92 Å². The standard InChI is InChI=1S/C29H34ClN3O4S/c1-5-22(3)31-29(35)23(4)32(19-24-13-15-25(30)16-14-24)28(34)20-33(26-9-7-6-8-10-26)38(36,37)27-17-11-21(2)12-18-27/h6-18,22-23H,5,19-20H2,1-4H3,(H,31,35)/t22-,23+/m1/s1. The van der Waals surface area contributed by atoms with Crippen LogP contribution in [0.4, 0.5) is 5.69 Å². The molecule has 0 spiro atoms. The molecule has 0 radical (unpaired) electrons. The number of carbonyl (C=O) groups excluding carboxylic acids is 2. The largest absolute Gasteiger partial charge is 0.352 e. The summed E-state index contributed by atoms with van der Waals surface area (Å²) in [6.07, 6.45) is 0.736. The Morgan fingerprint density at radius 2 is 1.53 bits per heavy atom. The van der Waals surface area contributed by atoms with Crippen LogP contribution in [0.3, 0.4) is 0 Å². The van der Waals surface area contributed by atoms with Crippen molar-refractivity contribution in [3.63, 3.8) is 0 Å². The molecule has 7 nitrogen and oxygen atoms in total. The summed E-state index contributed by atoms with van der Waals surface area (Å²) in [6, 6.07) is 21.0. The molecule has 0 bridgehead atoms. The summed E-state index contributed by atoms with van der Waals surface area (Å²) in [4.78, 5) is 28.4. The molecule has 0 aliphatic carbocycles. The zero-order chi connectivity index (χ0) is 27.9. The van der Waals surface area contributed by atoms with Gasteiger partial charge in [-0.25, -0.2) is 8.42 Å². The molecular formula is C29H34ClN3O4S. The molecule has 9 heteroatoms. The molecule has 38 heavy (non-hydrogen) atoms. The van der Waals surface area contributed by atoms with E-state index in [1.807, 2.05) is 20.8 Å². The number of rotatable bonds is 11. The third kappa shape index (κ3) is 7.36. The fraction of sp³-hybridized carbons (Fsp3) is 0.310. The number of sulfonamides is 1. The molecule has 3 aromatic rings. The SMILES string of the molecule is CC[C@@H](C)NC(=O)[C@H](C)N(Cc1ccc(Cl)cc1)C(=O)CN(c1ccccc1)S(=O)(=O)c1ccc(C)cc1. The van der Waals surface area contributed by atoms with Crippen LogP contribution in [0.15, 0.2) is 83.8 Å². The van der Waals surface area contributed by atoms with Crippen LogP contribution in [0.5, 0.6) is 0 Å². The first-order valence-electron chi connectivity index (χ1n) is 12.5. The van der Waals surface area contributed by atoms with Gasteiger partial charge in [0.2, 0.25) is 11.8 Å². The number of carbonyl (C=O) groups is 2. The number of hydrogen-bond acceptors (Lipinski definition) is 4. The highest BCUT2D eigenvalue weighted by Crippen LogP contribution is 2.25. The van der Waals surface area contributed by atoms with E-state index in [2.05, 4.69) is 5.32 Å². The van der Waals surface area contributed by atoms with Crippen LogP contribution in [-0.4, -0.2) is 43.8 Å². The fourth-order valence-corrected chi connectivity index (χ4v) is 5.34. The minimum atomic E-state index is -4.08. The third-order valence-electron chi connectivity index (χ3n) is 6.37. The highest BCUT2D eigenvalue weighted by molar-refractivity contribution is 7.92. The number of amides is 2. The number of nitrogens with zero attached hydrogens (tertiary/aromatic N) is 2. The van der Waals surface area contributed by atoms with E-state index in [1.54, 1.807) is 73.7 Å². The molecule has 0 aliphatic heterocycles. The van der Waals surface area contributed by atoms with Gasteiger partial charge in [0.25, 0.3) is 10.0 Å². The second-order valence-corrected chi connectivity index (χ2v) is 11.6. The lowest BCUT2D eigenvalue weighted by Gasteiger charge is -2.32. The van der Waals surface area contributed by atoms with Crippen molar-refractivity contribution in [2.75, 3.05) is 10.8 Å². The normalized spacial score (nSPS) is 12.9. The van der Waals surface area contributed by atoms with Crippen molar-refractivity contribution in [3.8, 4) is 0 Å². The fourth-order valence-electron chi connectivity index (χ4n) is 3.80. The van der Waals surface area contributed by atoms with Gasteiger partial charge >= 0.3 is 0 Å². The molecule has 2 amide bonds. The van der Waals surface area contributed by atoms with Gasteiger partial charge in [0, 0.05) is 17.6 Å². The van der Waals surface area contributed by atoms with Gasteiger partial charge in [-0.05, 0) is 69.2 Å². The second kappa shape index (κ2) is 12.9. The molecule has 0 aromatic heterocycles. The van der Waals surface area contributed by atoms with Gasteiger partial charge in [-0.1, -0.05) is 66.6 Å². The Labute approximate surface area is 230 Å². The predicted octanol–water partition coefficient (Wildman–Crippen LogP) is 5.18. The first-order valence-corrected chi connectivity index (χ1v) is 14.3. The second-order valence-electron chi connectivity index (χ2n) is 9.30. The van der Waals surface area contributed by atoms with Crippen molar-refractivity contribution in [2.24, 2.45) is 0 Å². The van der Waals surface area contributed by atoms with Gasteiger partial charge in [-0.15, -0.1) is 0 Å².